The largest absolute Gasteiger partial charge is 0.451 e. The van der Waals surface area contributed by atoms with Gasteiger partial charge in [0.25, 0.3) is 11.8 Å². The van der Waals surface area contributed by atoms with Crippen LogP contribution in [0.15, 0.2) is 54.6 Å². The number of carbonyl (C=O) groups excluding carboxylic acids is 4. The first-order chi connectivity index (χ1) is 14.7. The van der Waals surface area contributed by atoms with Crippen molar-refractivity contribution in [3.05, 3.63) is 65.7 Å². The lowest BCUT2D eigenvalue weighted by Gasteiger charge is -2.22. The van der Waals surface area contributed by atoms with Crippen molar-refractivity contribution in [2.75, 3.05) is 11.9 Å². The van der Waals surface area contributed by atoms with Gasteiger partial charge in [-0.15, -0.1) is 0 Å². The van der Waals surface area contributed by atoms with Crippen molar-refractivity contribution in [2.24, 2.45) is 0 Å². The molecule has 0 aromatic heterocycles. The molecule has 4 amide bonds. The number of carbonyl (C=O) groups is 4. The van der Waals surface area contributed by atoms with Gasteiger partial charge in [0.05, 0.1) is 0 Å². The summed E-state index contributed by atoms with van der Waals surface area (Å²) in [7, 11) is 0. The molecule has 0 radical (unpaired) electrons. The Morgan fingerprint density at radius 1 is 1.10 bits per heavy atom. The van der Waals surface area contributed by atoms with Crippen LogP contribution in [0.3, 0.4) is 0 Å². The van der Waals surface area contributed by atoms with Gasteiger partial charge in [-0.25, -0.2) is 4.79 Å². The van der Waals surface area contributed by atoms with E-state index in [4.69, 9.17) is 4.74 Å². The molecule has 1 fully saturated rings. The quantitative estimate of drug-likeness (QED) is 0.526. The molecule has 8 heteroatoms. The summed E-state index contributed by atoms with van der Waals surface area (Å²) < 4.78 is 5.14. The summed E-state index contributed by atoms with van der Waals surface area (Å²) in [5, 5.41) is 5.29. The molecule has 2 N–H and O–H groups in total. The fourth-order valence-electron chi connectivity index (χ4n) is 3.29. The minimum absolute atomic E-state index is 0.510. The van der Waals surface area contributed by atoms with Crippen LogP contribution in [0.1, 0.15) is 31.9 Å². The average molecular weight is 423 g/mol. The third-order valence-corrected chi connectivity index (χ3v) is 5.22. The molecule has 0 spiro atoms. The third-order valence-electron chi connectivity index (χ3n) is 5.22. The van der Waals surface area contributed by atoms with Gasteiger partial charge in [0.1, 0.15) is 12.1 Å². The topological polar surface area (TPSA) is 105 Å². The monoisotopic (exact) mass is 423 g/mol. The SMILES string of the molecule is CCc1ccc(NC(=O)[C@@H](C)OC(=O)CN2C(=O)N[C@](C)(c3ccccc3)C2=O)cc1. The minimum atomic E-state index is -1.27. The zero-order valence-electron chi connectivity index (χ0n) is 17.7. The Bertz CT molecular complexity index is 990. The highest BCUT2D eigenvalue weighted by atomic mass is 16.5. The summed E-state index contributed by atoms with van der Waals surface area (Å²) in [5.41, 5.74) is 1.05. The van der Waals surface area contributed by atoms with Gasteiger partial charge in [0, 0.05) is 5.69 Å². The van der Waals surface area contributed by atoms with E-state index in [1.54, 1.807) is 49.4 Å². The number of ether oxygens (including phenoxy) is 1. The number of aryl methyl sites for hydroxylation is 1. The molecule has 3 rings (SSSR count). The van der Waals surface area contributed by atoms with Gasteiger partial charge in [-0.3, -0.25) is 19.3 Å². The maximum atomic E-state index is 12.8. The van der Waals surface area contributed by atoms with Gasteiger partial charge >= 0.3 is 12.0 Å². The van der Waals surface area contributed by atoms with Crippen LogP contribution in [0.2, 0.25) is 0 Å². The highest BCUT2D eigenvalue weighted by molar-refractivity contribution is 6.09. The number of hydrogen-bond acceptors (Lipinski definition) is 5. The summed E-state index contributed by atoms with van der Waals surface area (Å²) in [6, 6.07) is 15.4. The smallest absolute Gasteiger partial charge is 0.327 e. The van der Waals surface area contributed by atoms with Crippen molar-refractivity contribution in [2.45, 2.75) is 38.8 Å². The highest BCUT2D eigenvalue weighted by Gasteiger charge is 2.49. The number of benzene rings is 2. The van der Waals surface area contributed by atoms with E-state index in [9.17, 15) is 19.2 Å². The molecule has 1 aliphatic rings. The lowest BCUT2D eigenvalue weighted by atomic mass is 9.92. The number of hydrogen-bond donors (Lipinski definition) is 2. The van der Waals surface area contributed by atoms with Crippen molar-refractivity contribution < 1.29 is 23.9 Å². The van der Waals surface area contributed by atoms with Crippen LogP contribution in [0.5, 0.6) is 0 Å². The second-order valence-corrected chi connectivity index (χ2v) is 7.48. The lowest BCUT2D eigenvalue weighted by molar-refractivity contribution is -0.155. The summed E-state index contributed by atoms with van der Waals surface area (Å²) in [4.78, 5) is 50.6. The Morgan fingerprint density at radius 2 is 1.74 bits per heavy atom. The predicted molar refractivity (Wildman–Crippen MR) is 114 cm³/mol. The van der Waals surface area contributed by atoms with E-state index >= 15 is 0 Å². The summed E-state index contributed by atoms with van der Waals surface area (Å²) in [6.45, 7) is 4.44. The van der Waals surface area contributed by atoms with E-state index in [1.807, 2.05) is 19.1 Å². The molecular weight excluding hydrogens is 398 g/mol. The van der Waals surface area contributed by atoms with Crippen LogP contribution in [-0.2, 0) is 31.1 Å². The molecule has 2 aromatic carbocycles. The molecule has 1 saturated heterocycles. The second kappa shape index (κ2) is 8.99. The number of nitrogens with one attached hydrogen (secondary N) is 2. The molecule has 162 valence electrons. The van der Waals surface area contributed by atoms with Gasteiger partial charge in [-0.1, -0.05) is 49.4 Å². The Balaban J connectivity index is 1.58. The summed E-state index contributed by atoms with van der Waals surface area (Å²) in [6.07, 6.45) is -0.214. The fourth-order valence-corrected chi connectivity index (χ4v) is 3.29. The Hall–Kier alpha value is -3.68. The van der Waals surface area contributed by atoms with Crippen LogP contribution < -0.4 is 10.6 Å². The first-order valence-electron chi connectivity index (χ1n) is 10.0. The normalized spacial score (nSPS) is 19.0. The van der Waals surface area contributed by atoms with Crippen LogP contribution in [0, 0.1) is 0 Å². The van der Waals surface area contributed by atoms with E-state index in [1.165, 1.54) is 6.92 Å². The lowest BCUT2D eigenvalue weighted by Crippen LogP contribution is -2.42. The molecule has 1 heterocycles. The summed E-state index contributed by atoms with van der Waals surface area (Å²) in [5.74, 6) is -1.93. The van der Waals surface area contributed by atoms with Crippen molar-refractivity contribution in [3.63, 3.8) is 0 Å². The van der Waals surface area contributed by atoms with Crippen molar-refractivity contribution in [1.29, 1.82) is 0 Å². The zero-order valence-corrected chi connectivity index (χ0v) is 17.7. The summed E-state index contributed by atoms with van der Waals surface area (Å²) >= 11 is 0. The van der Waals surface area contributed by atoms with E-state index in [0.717, 1.165) is 16.9 Å². The van der Waals surface area contributed by atoms with Gasteiger partial charge in [-0.2, -0.15) is 0 Å². The Kier molecular flexibility index (Phi) is 6.39. The van der Waals surface area contributed by atoms with Crippen LogP contribution in [0.25, 0.3) is 0 Å². The fraction of sp³-hybridized carbons (Fsp3) is 0.304. The van der Waals surface area contributed by atoms with Crippen molar-refractivity contribution in [3.8, 4) is 0 Å². The molecule has 0 bridgehead atoms. The first kappa shape index (κ1) is 22.0. The van der Waals surface area contributed by atoms with Gasteiger partial charge < -0.3 is 15.4 Å². The van der Waals surface area contributed by atoms with Crippen molar-refractivity contribution >= 4 is 29.5 Å². The molecule has 1 aliphatic heterocycles. The molecule has 0 saturated carbocycles. The van der Waals surface area contributed by atoms with Crippen LogP contribution in [-0.4, -0.2) is 41.4 Å². The van der Waals surface area contributed by atoms with Gasteiger partial charge in [0.15, 0.2) is 6.10 Å². The van der Waals surface area contributed by atoms with E-state index in [0.29, 0.717) is 11.3 Å². The maximum Gasteiger partial charge on any atom is 0.327 e. The molecule has 8 nitrogen and oxygen atoms in total. The number of imide groups is 1. The molecular formula is C23H25N3O5. The van der Waals surface area contributed by atoms with Crippen LogP contribution in [0.4, 0.5) is 10.5 Å². The highest BCUT2D eigenvalue weighted by Crippen LogP contribution is 2.28. The second-order valence-electron chi connectivity index (χ2n) is 7.48. The average Bonchev–Trinajstić information content (AvgIpc) is 2.98. The number of urea groups is 1. The van der Waals surface area contributed by atoms with E-state index in [2.05, 4.69) is 10.6 Å². The Morgan fingerprint density at radius 3 is 2.35 bits per heavy atom. The predicted octanol–water partition coefficient (Wildman–Crippen LogP) is 2.59. The number of nitrogens with zero attached hydrogens (tertiary/aromatic N) is 1. The molecule has 2 aromatic rings. The molecule has 0 unspecified atom stereocenters. The van der Waals surface area contributed by atoms with E-state index < -0.39 is 42.0 Å². The van der Waals surface area contributed by atoms with Gasteiger partial charge in [-0.05, 0) is 43.5 Å². The van der Waals surface area contributed by atoms with Crippen LogP contribution >= 0.6 is 0 Å². The maximum absolute atomic E-state index is 12.8. The molecule has 2 atom stereocenters. The number of anilines is 1. The van der Waals surface area contributed by atoms with Crippen molar-refractivity contribution in [1.82, 2.24) is 10.2 Å². The number of amides is 4. The molecule has 31 heavy (non-hydrogen) atoms. The first-order valence-corrected chi connectivity index (χ1v) is 10.0. The van der Waals surface area contributed by atoms with E-state index in [-0.39, 0.29) is 0 Å². The Labute approximate surface area is 180 Å². The van der Waals surface area contributed by atoms with Gasteiger partial charge in [0.2, 0.25) is 0 Å². The third kappa shape index (κ3) is 4.74. The minimum Gasteiger partial charge on any atom is -0.451 e. The zero-order chi connectivity index (χ0) is 22.6. The molecule has 0 aliphatic carbocycles. The number of rotatable bonds is 7. The number of esters is 1. The standard InChI is InChI=1S/C23H25N3O5/c1-4-16-10-12-18(13-11-16)24-20(28)15(2)31-19(27)14-26-21(29)23(3,25-22(26)30)17-8-6-5-7-9-17/h5-13,15H,4,14H2,1-3H3,(H,24,28)(H,25,30)/t15-,23-/m1/s1.